The fourth-order valence-corrected chi connectivity index (χ4v) is 3.65. The van der Waals surface area contributed by atoms with E-state index in [4.69, 9.17) is 14.4 Å². The van der Waals surface area contributed by atoms with Crippen LogP contribution in [0.15, 0.2) is 81.1 Å². The number of hydrogen-bond donors (Lipinski definition) is 1. The molecule has 0 radical (unpaired) electrons. The molecule has 136 valence electrons. The Balaban J connectivity index is 1.81. The lowest BCUT2D eigenvalue weighted by Crippen LogP contribution is -2.12. The quantitative estimate of drug-likeness (QED) is 0.472. The Hall–Kier alpha value is -3.66. The van der Waals surface area contributed by atoms with Crippen molar-refractivity contribution in [2.45, 2.75) is 13.8 Å². The van der Waals surface area contributed by atoms with Crippen LogP contribution in [0.3, 0.4) is 0 Å². The van der Waals surface area contributed by atoms with E-state index >= 15 is 0 Å². The van der Waals surface area contributed by atoms with E-state index < -0.39 is 0 Å². The van der Waals surface area contributed by atoms with Gasteiger partial charge in [-0.1, -0.05) is 54.6 Å². The molecule has 0 bridgehead atoms. The van der Waals surface area contributed by atoms with Crippen LogP contribution >= 0.6 is 0 Å². The number of fused-ring (bicyclic) bond motifs is 2. The summed E-state index contributed by atoms with van der Waals surface area (Å²) in [6.07, 6.45) is 0. The average molecular weight is 366 g/mol. The Kier molecular flexibility index (Phi) is 3.66. The fourth-order valence-electron chi connectivity index (χ4n) is 3.65. The van der Waals surface area contributed by atoms with Gasteiger partial charge in [0.2, 0.25) is 0 Å². The standard InChI is InChI=1S/C24H18N2O2/c1-14-8-3-5-12-18(14)25-22-17-11-7-9-15(2)21(17)26-23(22)20-16-10-4-6-13-19(16)28-24(20)27/h3-13,27H,1-2H3. The molecule has 0 fully saturated rings. The van der Waals surface area contributed by atoms with Crippen LogP contribution < -0.4 is 0 Å². The number of furan rings is 1. The van der Waals surface area contributed by atoms with Gasteiger partial charge >= 0.3 is 0 Å². The minimum Gasteiger partial charge on any atom is -0.480 e. The highest BCUT2D eigenvalue weighted by Crippen LogP contribution is 2.39. The third-order valence-electron chi connectivity index (χ3n) is 5.10. The second-order valence-corrected chi connectivity index (χ2v) is 6.96. The van der Waals surface area contributed by atoms with E-state index in [1.165, 1.54) is 0 Å². The Morgan fingerprint density at radius 3 is 2.46 bits per heavy atom. The van der Waals surface area contributed by atoms with Gasteiger partial charge in [-0.05, 0) is 37.1 Å². The van der Waals surface area contributed by atoms with E-state index in [1.807, 2.05) is 80.6 Å². The van der Waals surface area contributed by atoms with Gasteiger partial charge in [-0.15, -0.1) is 0 Å². The summed E-state index contributed by atoms with van der Waals surface area (Å²) in [6, 6.07) is 21.6. The Bertz CT molecular complexity index is 1300. The summed E-state index contributed by atoms with van der Waals surface area (Å²) in [4.78, 5) is 9.84. The average Bonchev–Trinajstić information content (AvgIpc) is 3.21. The Labute approximate surface area is 162 Å². The minimum atomic E-state index is -0.136. The van der Waals surface area contributed by atoms with Gasteiger partial charge in [0.25, 0.3) is 5.95 Å². The summed E-state index contributed by atoms with van der Waals surface area (Å²) in [7, 11) is 0. The van der Waals surface area contributed by atoms with Crippen molar-refractivity contribution < 1.29 is 9.52 Å². The zero-order chi connectivity index (χ0) is 19.3. The molecule has 4 heteroatoms. The molecule has 4 aromatic rings. The first kappa shape index (κ1) is 16.5. The number of hydrogen-bond acceptors (Lipinski definition) is 4. The maximum absolute atomic E-state index is 10.6. The summed E-state index contributed by atoms with van der Waals surface area (Å²) in [5.41, 5.74) is 7.46. The number of rotatable bonds is 2. The number of para-hydroxylation sites is 3. The molecule has 0 unspecified atom stereocenters. The molecule has 1 aromatic heterocycles. The van der Waals surface area contributed by atoms with Gasteiger partial charge in [0.1, 0.15) is 11.3 Å². The molecule has 0 saturated heterocycles. The highest BCUT2D eigenvalue weighted by Gasteiger charge is 2.30. The summed E-state index contributed by atoms with van der Waals surface area (Å²) < 4.78 is 5.58. The third-order valence-corrected chi connectivity index (χ3v) is 5.10. The van der Waals surface area contributed by atoms with Gasteiger partial charge in [-0.3, -0.25) is 0 Å². The van der Waals surface area contributed by atoms with Crippen molar-refractivity contribution >= 4 is 33.8 Å². The predicted octanol–water partition coefficient (Wildman–Crippen LogP) is 6.01. The molecule has 28 heavy (non-hydrogen) atoms. The van der Waals surface area contributed by atoms with Crippen molar-refractivity contribution in [2.24, 2.45) is 9.98 Å². The van der Waals surface area contributed by atoms with Crippen LogP contribution in [-0.2, 0) is 0 Å². The normalized spacial score (nSPS) is 14.5. The number of nitrogens with zero attached hydrogens (tertiary/aromatic N) is 2. The van der Waals surface area contributed by atoms with Crippen LogP contribution in [0.5, 0.6) is 5.95 Å². The number of benzene rings is 3. The predicted molar refractivity (Wildman–Crippen MR) is 113 cm³/mol. The highest BCUT2D eigenvalue weighted by molar-refractivity contribution is 6.59. The van der Waals surface area contributed by atoms with Crippen LogP contribution in [0, 0.1) is 13.8 Å². The van der Waals surface area contributed by atoms with Crippen LogP contribution in [0.25, 0.3) is 11.0 Å². The number of aryl methyl sites for hydroxylation is 2. The minimum absolute atomic E-state index is 0.136. The van der Waals surface area contributed by atoms with Gasteiger partial charge in [0.15, 0.2) is 0 Å². The van der Waals surface area contributed by atoms with E-state index in [-0.39, 0.29) is 5.95 Å². The fraction of sp³-hybridized carbons (Fsp3) is 0.0833. The van der Waals surface area contributed by atoms with Crippen LogP contribution in [0.2, 0.25) is 0 Å². The van der Waals surface area contributed by atoms with Gasteiger partial charge < -0.3 is 9.52 Å². The first-order valence-corrected chi connectivity index (χ1v) is 9.17. The molecule has 5 rings (SSSR count). The van der Waals surface area contributed by atoms with Crippen LogP contribution in [0.1, 0.15) is 22.3 Å². The zero-order valence-corrected chi connectivity index (χ0v) is 15.6. The maximum atomic E-state index is 10.6. The van der Waals surface area contributed by atoms with Crippen molar-refractivity contribution in [3.63, 3.8) is 0 Å². The second-order valence-electron chi connectivity index (χ2n) is 6.96. The molecule has 4 nitrogen and oxygen atoms in total. The third kappa shape index (κ3) is 2.46. The maximum Gasteiger partial charge on any atom is 0.292 e. The Morgan fingerprint density at radius 1 is 0.857 bits per heavy atom. The van der Waals surface area contributed by atoms with Gasteiger partial charge in [-0.2, -0.15) is 0 Å². The monoisotopic (exact) mass is 366 g/mol. The van der Waals surface area contributed by atoms with Crippen molar-refractivity contribution in [1.82, 2.24) is 0 Å². The van der Waals surface area contributed by atoms with Crippen LogP contribution in [-0.4, -0.2) is 16.5 Å². The molecule has 0 aliphatic carbocycles. The molecular weight excluding hydrogens is 348 g/mol. The molecule has 0 saturated carbocycles. The summed E-state index contributed by atoms with van der Waals surface area (Å²) in [5, 5.41) is 11.4. The van der Waals surface area contributed by atoms with E-state index in [1.54, 1.807) is 0 Å². The second kappa shape index (κ2) is 6.20. The van der Waals surface area contributed by atoms with Crippen molar-refractivity contribution in [2.75, 3.05) is 0 Å². The first-order chi connectivity index (χ1) is 13.6. The first-order valence-electron chi connectivity index (χ1n) is 9.17. The lowest BCUT2D eigenvalue weighted by Gasteiger charge is -2.06. The summed E-state index contributed by atoms with van der Waals surface area (Å²) in [6.45, 7) is 4.07. The van der Waals surface area contributed by atoms with Gasteiger partial charge in [0.05, 0.1) is 22.6 Å². The van der Waals surface area contributed by atoms with E-state index in [2.05, 4.69) is 0 Å². The van der Waals surface area contributed by atoms with Crippen molar-refractivity contribution in [1.29, 1.82) is 0 Å². The molecule has 0 amide bonds. The van der Waals surface area contributed by atoms with Crippen molar-refractivity contribution in [3.05, 3.63) is 89.0 Å². The molecule has 1 N–H and O–H groups in total. The van der Waals surface area contributed by atoms with E-state index in [0.29, 0.717) is 16.9 Å². The molecule has 1 aliphatic rings. The lowest BCUT2D eigenvalue weighted by molar-refractivity contribution is 0.345. The largest absolute Gasteiger partial charge is 0.480 e. The molecule has 3 aromatic carbocycles. The number of aliphatic imine (C=N–C) groups is 2. The van der Waals surface area contributed by atoms with Crippen molar-refractivity contribution in [3.8, 4) is 5.95 Å². The van der Waals surface area contributed by atoms with Gasteiger partial charge in [0, 0.05) is 10.9 Å². The summed E-state index contributed by atoms with van der Waals surface area (Å²) >= 11 is 0. The lowest BCUT2D eigenvalue weighted by atomic mass is 9.99. The SMILES string of the molecule is Cc1ccccc1N=C1C(c2c(O)oc3ccccc23)=Nc2c(C)cccc21. The van der Waals surface area contributed by atoms with Gasteiger partial charge in [-0.25, -0.2) is 9.98 Å². The highest BCUT2D eigenvalue weighted by atomic mass is 16.5. The topological polar surface area (TPSA) is 58.1 Å². The Morgan fingerprint density at radius 2 is 1.61 bits per heavy atom. The summed E-state index contributed by atoms with van der Waals surface area (Å²) in [5.74, 6) is -0.136. The molecular formula is C24H18N2O2. The molecule has 0 spiro atoms. The van der Waals surface area contributed by atoms with E-state index in [0.717, 1.165) is 39.2 Å². The molecule has 1 aliphatic heterocycles. The number of aromatic hydroxyl groups is 1. The smallest absolute Gasteiger partial charge is 0.292 e. The molecule has 2 heterocycles. The van der Waals surface area contributed by atoms with E-state index in [9.17, 15) is 5.11 Å². The molecule has 0 atom stereocenters. The van der Waals surface area contributed by atoms with Crippen LogP contribution in [0.4, 0.5) is 11.4 Å². The zero-order valence-electron chi connectivity index (χ0n) is 15.6.